The van der Waals surface area contributed by atoms with Crippen LogP contribution in [-0.2, 0) is 4.74 Å². The lowest BCUT2D eigenvalue weighted by Gasteiger charge is -2.32. The Morgan fingerprint density at radius 3 is 3.17 bits per heavy atom. The molecule has 1 amide bonds. The number of hydrogen-bond donors (Lipinski definition) is 1. The molecule has 1 atom stereocenters. The minimum atomic E-state index is -0.112. The lowest BCUT2D eigenvalue weighted by atomic mass is 10.1. The van der Waals surface area contributed by atoms with Crippen LogP contribution in [0.3, 0.4) is 0 Å². The van der Waals surface area contributed by atoms with E-state index in [2.05, 4.69) is 4.98 Å². The van der Waals surface area contributed by atoms with E-state index in [9.17, 15) is 4.79 Å². The summed E-state index contributed by atoms with van der Waals surface area (Å²) >= 11 is 5.79. The predicted molar refractivity (Wildman–Crippen MR) is 69.6 cm³/mol. The van der Waals surface area contributed by atoms with E-state index in [0.717, 1.165) is 19.4 Å². The Bertz CT molecular complexity index is 453. The molecule has 1 unspecified atom stereocenters. The van der Waals surface area contributed by atoms with Crippen LogP contribution in [0.15, 0.2) is 12.3 Å². The number of amides is 1. The summed E-state index contributed by atoms with van der Waals surface area (Å²) in [7, 11) is 1.66. The molecule has 0 bridgehead atoms. The van der Waals surface area contributed by atoms with Crippen LogP contribution >= 0.6 is 11.6 Å². The van der Waals surface area contributed by atoms with Crippen LogP contribution in [0.1, 0.15) is 23.2 Å². The van der Waals surface area contributed by atoms with Crippen LogP contribution in [-0.4, -0.2) is 42.1 Å². The molecule has 0 radical (unpaired) electrons. The summed E-state index contributed by atoms with van der Waals surface area (Å²) in [6.45, 7) is 1.31. The molecule has 0 aromatic carbocycles. The second kappa shape index (κ2) is 5.54. The van der Waals surface area contributed by atoms with Gasteiger partial charge in [0.25, 0.3) is 5.91 Å². The van der Waals surface area contributed by atoms with E-state index in [4.69, 9.17) is 22.1 Å². The molecule has 1 aromatic heterocycles. The van der Waals surface area contributed by atoms with E-state index < -0.39 is 0 Å². The van der Waals surface area contributed by atoms with Crippen molar-refractivity contribution in [1.29, 1.82) is 0 Å². The number of nitrogen functional groups attached to an aromatic ring is 1. The number of carbonyl (C=O) groups is 1. The first kappa shape index (κ1) is 13.1. The Balaban J connectivity index is 2.17. The zero-order valence-electron chi connectivity index (χ0n) is 10.2. The maximum atomic E-state index is 12.3. The molecule has 2 rings (SSSR count). The van der Waals surface area contributed by atoms with E-state index in [-0.39, 0.29) is 17.2 Å². The Labute approximate surface area is 111 Å². The number of nitrogens with two attached hydrogens (primary N) is 1. The standard InChI is InChI=1S/C12H16ClN3O2/c1-18-8-3-2-4-16(7-8)12(17)9-5-11(13)15-6-10(9)14/h5-6,8H,2-4,7,14H2,1H3. The van der Waals surface area contributed by atoms with Gasteiger partial charge in [-0.25, -0.2) is 4.98 Å². The molecule has 2 heterocycles. The third-order valence-corrected chi connectivity index (χ3v) is 3.34. The first-order valence-electron chi connectivity index (χ1n) is 5.85. The second-order valence-electron chi connectivity index (χ2n) is 4.35. The second-order valence-corrected chi connectivity index (χ2v) is 4.73. The fourth-order valence-electron chi connectivity index (χ4n) is 2.11. The molecule has 98 valence electrons. The van der Waals surface area contributed by atoms with Gasteiger partial charge in [0.2, 0.25) is 0 Å². The van der Waals surface area contributed by atoms with E-state index in [1.165, 1.54) is 12.3 Å². The molecule has 1 aromatic rings. The van der Waals surface area contributed by atoms with Gasteiger partial charge in [0.1, 0.15) is 5.15 Å². The Morgan fingerprint density at radius 2 is 2.44 bits per heavy atom. The Kier molecular flexibility index (Phi) is 4.04. The molecule has 0 aliphatic carbocycles. The number of piperidine rings is 1. The first-order chi connectivity index (χ1) is 8.61. The summed E-state index contributed by atoms with van der Waals surface area (Å²) in [6.07, 6.45) is 3.42. The van der Waals surface area contributed by atoms with Crippen molar-refractivity contribution in [2.24, 2.45) is 0 Å². The highest BCUT2D eigenvalue weighted by Crippen LogP contribution is 2.20. The van der Waals surface area contributed by atoms with Gasteiger partial charge in [-0.05, 0) is 18.9 Å². The summed E-state index contributed by atoms with van der Waals surface area (Å²) in [5.41, 5.74) is 6.52. The summed E-state index contributed by atoms with van der Waals surface area (Å²) in [5.74, 6) is -0.112. The van der Waals surface area contributed by atoms with Gasteiger partial charge in [0, 0.05) is 20.2 Å². The summed E-state index contributed by atoms with van der Waals surface area (Å²) in [6, 6.07) is 1.51. The molecule has 1 fully saturated rings. The maximum absolute atomic E-state index is 12.3. The first-order valence-corrected chi connectivity index (χ1v) is 6.22. The number of aromatic nitrogens is 1. The zero-order chi connectivity index (χ0) is 13.1. The van der Waals surface area contributed by atoms with Crippen LogP contribution in [0.4, 0.5) is 5.69 Å². The number of pyridine rings is 1. The van der Waals surface area contributed by atoms with E-state index in [1.807, 2.05) is 0 Å². The summed E-state index contributed by atoms with van der Waals surface area (Å²) in [5, 5.41) is 0.271. The van der Waals surface area contributed by atoms with Gasteiger partial charge in [0.05, 0.1) is 23.6 Å². The van der Waals surface area contributed by atoms with Gasteiger partial charge >= 0.3 is 0 Å². The van der Waals surface area contributed by atoms with Crippen molar-refractivity contribution in [2.45, 2.75) is 18.9 Å². The van der Waals surface area contributed by atoms with Crippen molar-refractivity contribution < 1.29 is 9.53 Å². The molecular formula is C12H16ClN3O2. The van der Waals surface area contributed by atoms with E-state index in [0.29, 0.717) is 17.8 Å². The number of hydrogen-bond acceptors (Lipinski definition) is 4. The third kappa shape index (κ3) is 2.73. The average molecular weight is 270 g/mol. The lowest BCUT2D eigenvalue weighted by Crippen LogP contribution is -2.43. The predicted octanol–water partition coefficient (Wildman–Crippen LogP) is 1.57. The number of anilines is 1. The monoisotopic (exact) mass is 269 g/mol. The largest absolute Gasteiger partial charge is 0.397 e. The third-order valence-electron chi connectivity index (χ3n) is 3.13. The van der Waals surface area contributed by atoms with Crippen LogP contribution in [0, 0.1) is 0 Å². The number of halogens is 1. The molecule has 18 heavy (non-hydrogen) atoms. The molecule has 1 aliphatic heterocycles. The number of carbonyl (C=O) groups excluding carboxylic acids is 1. The van der Waals surface area contributed by atoms with Gasteiger partial charge in [-0.1, -0.05) is 11.6 Å². The Morgan fingerprint density at radius 1 is 1.67 bits per heavy atom. The molecular weight excluding hydrogens is 254 g/mol. The summed E-state index contributed by atoms with van der Waals surface area (Å²) in [4.78, 5) is 17.9. The van der Waals surface area contributed by atoms with Crippen LogP contribution < -0.4 is 5.73 Å². The molecule has 2 N–H and O–H groups in total. The molecule has 0 saturated carbocycles. The van der Waals surface area contributed by atoms with Crippen molar-refractivity contribution in [3.63, 3.8) is 0 Å². The van der Waals surface area contributed by atoms with Crippen LogP contribution in [0.25, 0.3) is 0 Å². The minimum Gasteiger partial charge on any atom is -0.397 e. The highest BCUT2D eigenvalue weighted by atomic mass is 35.5. The molecule has 0 spiro atoms. The lowest BCUT2D eigenvalue weighted by molar-refractivity contribution is 0.0269. The van der Waals surface area contributed by atoms with Gasteiger partial charge < -0.3 is 15.4 Å². The fourth-order valence-corrected chi connectivity index (χ4v) is 2.27. The maximum Gasteiger partial charge on any atom is 0.256 e. The van der Waals surface area contributed by atoms with Crippen LogP contribution in [0.5, 0.6) is 0 Å². The van der Waals surface area contributed by atoms with Crippen molar-refractivity contribution >= 4 is 23.2 Å². The number of nitrogens with zero attached hydrogens (tertiary/aromatic N) is 2. The quantitative estimate of drug-likeness (QED) is 0.828. The smallest absolute Gasteiger partial charge is 0.256 e. The van der Waals surface area contributed by atoms with Gasteiger partial charge in [0.15, 0.2) is 0 Å². The highest BCUT2D eigenvalue weighted by Gasteiger charge is 2.25. The van der Waals surface area contributed by atoms with Crippen molar-refractivity contribution in [1.82, 2.24) is 9.88 Å². The van der Waals surface area contributed by atoms with Gasteiger partial charge in [-0.3, -0.25) is 4.79 Å². The number of methoxy groups -OCH3 is 1. The summed E-state index contributed by atoms with van der Waals surface area (Å²) < 4.78 is 5.30. The Hall–Kier alpha value is -1.33. The number of rotatable bonds is 2. The van der Waals surface area contributed by atoms with Gasteiger partial charge in [-0.2, -0.15) is 0 Å². The number of ether oxygens (including phenoxy) is 1. The van der Waals surface area contributed by atoms with E-state index >= 15 is 0 Å². The minimum absolute atomic E-state index is 0.0984. The average Bonchev–Trinajstić information content (AvgIpc) is 2.41. The van der Waals surface area contributed by atoms with Crippen molar-refractivity contribution in [3.8, 4) is 0 Å². The SMILES string of the molecule is COC1CCCN(C(=O)c2cc(Cl)ncc2N)C1. The number of likely N-dealkylation sites (tertiary alicyclic amines) is 1. The van der Waals surface area contributed by atoms with Crippen molar-refractivity contribution in [2.75, 3.05) is 25.9 Å². The fraction of sp³-hybridized carbons (Fsp3) is 0.500. The van der Waals surface area contributed by atoms with E-state index in [1.54, 1.807) is 12.0 Å². The zero-order valence-corrected chi connectivity index (χ0v) is 11.0. The topological polar surface area (TPSA) is 68.5 Å². The molecule has 1 saturated heterocycles. The van der Waals surface area contributed by atoms with Crippen molar-refractivity contribution in [3.05, 3.63) is 23.0 Å². The van der Waals surface area contributed by atoms with Gasteiger partial charge in [-0.15, -0.1) is 0 Å². The van der Waals surface area contributed by atoms with Crippen LogP contribution in [0.2, 0.25) is 5.15 Å². The molecule has 1 aliphatic rings. The normalized spacial score (nSPS) is 19.9. The molecule has 5 nitrogen and oxygen atoms in total. The molecule has 6 heteroatoms. The highest BCUT2D eigenvalue weighted by molar-refractivity contribution is 6.29.